The zero-order chi connectivity index (χ0) is 17.9. The van der Waals surface area contributed by atoms with E-state index >= 15 is 0 Å². The van der Waals surface area contributed by atoms with Gasteiger partial charge in [0.2, 0.25) is 5.91 Å². The Labute approximate surface area is 146 Å². The van der Waals surface area contributed by atoms with Gasteiger partial charge in [-0.05, 0) is 24.5 Å². The molecule has 2 aromatic rings. The molecule has 1 atom stereocenters. The van der Waals surface area contributed by atoms with Crippen molar-refractivity contribution < 1.29 is 19.4 Å². The van der Waals surface area contributed by atoms with E-state index in [1.807, 2.05) is 54.6 Å². The van der Waals surface area contributed by atoms with E-state index in [0.29, 0.717) is 18.6 Å². The fourth-order valence-electron chi connectivity index (χ4n) is 3.13. The minimum Gasteiger partial charge on any atom is -0.496 e. The van der Waals surface area contributed by atoms with E-state index in [-0.39, 0.29) is 12.3 Å². The third-order valence-electron chi connectivity index (χ3n) is 4.69. The van der Waals surface area contributed by atoms with Crippen LogP contribution in [-0.2, 0) is 21.4 Å². The number of carboxylic acids is 1. The monoisotopic (exact) mass is 339 g/mol. The van der Waals surface area contributed by atoms with Gasteiger partial charge in [-0.2, -0.15) is 0 Å². The van der Waals surface area contributed by atoms with Crippen LogP contribution in [0, 0.1) is 0 Å². The molecular weight excluding hydrogens is 318 g/mol. The topological polar surface area (TPSA) is 75.6 Å². The SMILES string of the molecule is COc1ccccc1C1(C(=O)N[C@@H](Cc2ccccc2)C(=O)O)CC1. The molecule has 0 radical (unpaired) electrons. The summed E-state index contributed by atoms with van der Waals surface area (Å²) in [7, 11) is 1.57. The minimum absolute atomic E-state index is 0.250. The van der Waals surface area contributed by atoms with Crippen LogP contribution in [0.25, 0.3) is 0 Å². The number of hydrogen-bond donors (Lipinski definition) is 2. The van der Waals surface area contributed by atoms with Crippen molar-refractivity contribution in [3.05, 3.63) is 65.7 Å². The van der Waals surface area contributed by atoms with Crippen LogP contribution in [-0.4, -0.2) is 30.1 Å². The van der Waals surface area contributed by atoms with E-state index in [1.165, 1.54) is 0 Å². The lowest BCUT2D eigenvalue weighted by atomic mass is 9.93. The number of para-hydroxylation sites is 1. The fourth-order valence-corrected chi connectivity index (χ4v) is 3.13. The summed E-state index contributed by atoms with van der Waals surface area (Å²) in [6.07, 6.45) is 1.64. The zero-order valence-corrected chi connectivity index (χ0v) is 14.1. The summed E-state index contributed by atoms with van der Waals surface area (Å²) >= 11 is 0. The number of ether oxygens (including phenoxy) is 1. The molecule has 0 aromatic heterocycles. The predicted molar refractivity (Wildman–Crippen MR) is 93.6 cm³/mol. The minimum atomic E-state index is -1.03. The van der Waals surface area contributed by atoms with Gasteiger partial charge in [0, 0.05) is 12.0 Å². The lowest BCUT2D eigenvalue weighted by molar-refractivity contribution is -0.142. The summed E-state index contributed by atoms with van der Waals surface area (Å²) in [4.78, 5) is 24.5. The van der Waals surface area contributed by atoms with Crippen LogP contribution >= 0.6 is 0 Å². The Hall–Kier alpha value is -2.82. The maximum absolute atomic E-state index is 12.9. The number of carbonyl (C=O) groups excluding carboxylic acids is 1. The molecule has 2 N–H and O–H groups in total. The molecule has 5 nitrogen and oxygen atoms in total. The summed E-state index contributed by atoms with van der Waals surface area (Å²) in [5, 5.41) is 12.2. The smallest absolute Gasteiger partial charge is 0.326 e. The number of rotatable bonds is 7. The summed E-state index contributed by atoms with van der Waals surface area (Å²) < 4.78 is 5.37. The van der Waals surface area contributed by atoms with E-state index in [9.17, 15) is 14.7 Å². The second kappa shape index (κ2) is 6.97. The van der Waals surface area contributed by atoms with Crippen LogP contribution in [0.3, 0.4) is 0 Å². The van der Waals surface area contributed by atoms with Gasteiger partial charge in [0.1, 0.15) is 11.8 Å². The molecule has 3 rings (SSSR count). The molecule has 25 heavy (non-hydrogen) atoms. The Morgan fingerprint density at radius 1 is 1.12 bits per heavy atom. The standard InChI is InChI=1S/C20H21NO4/c1-25-17-10-6-5-9-15(17)20(11-12-20)19(24)21-16(18(22)23)13-14-7-3-2-4-8-14/h2-10,16H,11-13H2,1H3,(H,21,24)(H,22,23)/t16-/m0/s1. The van der Waals surface area contributed by atoms with E-state index in [1.54, 1.807) is 7.11 Å². The van der Waals surface area contributed by atoms with Crippen LogP contribution in [0.15, 0.2) is 54.6 Å². The number of benzene rings is 2. The number of amides is 1. The van der Waals surface area contributed by atoms with Gasteiger partial charge >= 0.3 is 5.97 Å². The highest BCUT2D eigenvalue weighted by Crippen LogP contribution is 2.51. The summed E-state index contributed by atoms with van der Waals surface area (Å²) in [6, 6.07) is 15.8. The number of nitrogens with one attached hydrogen (secondary N) is 1. The van der Waals surface area contributed by atoms with Gasteiger partial charge in [-0.1, -0.05) is 48.5 Å². The molecule has 130 valence electrons. The second-order valence-corrected chi connectivity index (χ2v) is 6.34. The largest absolute Gasteiger partial charge is 0.496 e. The third-order valence-corrected chi connectivity index (χ3v) is 4.69. The highest BCUT2D eigenvalue weighted by molar-refractivity contribution is 5.94. The second-order valence-electron chi connectivity index (χ2n) is 6.34. The van der Waals surface area contributed by atoms with Crippen LogP contribution in [0.5, 0.6) is 5.75 Å². The normalized spacial score (nSPS) is 15.9. The first-order valence-corrected chi connectivity index (χ1v) is 8.28. The van der Waals surface area contributed by atoms with Crippen molar-refractivity contribution in [2.75, 3.05) is 7.11 Å². The number of aliphatic carboxylic acids is 1. The van der Waals surface area contributed by atoms with Crippen molar-refractivity contribution in [3.8, 4) is 5.75 Å². The van der Waals surface area contributed by atoms with Gasteiger partial charge in [-0.15, -0.1) is 0 Å². The molecule has 1 aliphatic carbocycles. The van der Waals surface area contributed by atoms with Crippen molar-refractivity contribution in [2.24, 2.45) is 0 Å². The first kappa shape index (κ1) is 17.0. The molecule has 0 aliphatic heterocycles. The third kappa shape index (κ3) is 3.50. The molecule has 5 heteroatoms. The average Bonchev–Trinajstić information content (AvgIpc) is 3.43. The van der Waals surface area contributed by atoms with Gasteiger partial charge in [0.15, 0.2) is 0 Å². The van der Waals surface area contributed by atoms with Gasteiger partial charge in [0.25, 0.3) is 0 Å². The molecule has 0 bridgehead atoms. The predicted octanol–water partition coefficient (Wildman–Crippen LogP) is 2.54. The highest BCUT2D eigenvalue weighted by Gasteiger charge is 2.53. The fraction of sp³-hybridized carbons (Fsp3) is 0.300. The summed E-state index contributed by atoms with van der Waals surface area (Å²) in [5.74, 6) is -0.626. The first-order chi connectivity index (χ1) is 12.1. The summed E-state index contributed by atoms with van der Waals surface area (Å²) in [6.45, 7) is 0. The molecule has 2 aromatic carbocycles. The molecule has 0 heterocycles. The van der Waals surface area contributed by atoms with Gasteiger partial charge in [0.05, 0.1) is 12.5 Å². The maximum atomic E-state index is 12.9. The number of carboxylic acid groups (broad SMARTS) is 1. The lowest BCUT2D eigenvalue weighted by Crippen LogP contribution is -2.46. The van der Waals surface area contributed by atoms with Crippen molar-refractivity contribution in [2.45, 2.75) is 30.7 Å². The van der Waals surface area contributed by atoms with Crippen molar-refractivity contribution >= 4 is 11.9 Å². The highest BCUT2D eigenvalue weighted by atomic mass is 16.5. The number of methoxy groups -OCH3 is 1. The average molecular weight is 339 g/mol. The van der Waals surface area contributed by atoms with Crippen molar-refractivity contribution in [1.82, 2.24) is 5.32 Å². The van der Waals surface area contributed by atoms with Crippen LogP contribution in [0.4, 0.5) is 0 Å². The Balaban J connectivity index is 1.78. The molecule has 0 unspecified atom stereocenters. The van der Waals surface area contributed by atoms with Crippen molar-refractivity contribution in [3.63, 3.8) is 0 Å². The van der Waals surface area contributed by atoms with Crippen LogP contribution < -0.4 is 10.1 Å². The molecule has 0 saturated heterocycles. The maximum Gasteiger partial charge on any atom is 0.326 e. The lowest BCUT2D eigenvalue weighted by Gasteiger charge is -2.21. The van der Waals surface area contributed by atoms with Gasteiger partial charge in [-0.3, -0.25) is 4.79 Å². The molecule has 1 aliphatic rings. The molecule has 1 fully saturated rings. The van der Waals surface area contributed by atoms with Crippen LogP contribution in [0.2, 0.25) is 0 Å². The molecule has 0 spiro atoms. The summed E-state index contributed by atoms with van der Waals surface area (Å²) in [5.41, 5.74) is 1.01. The van der Waals surface area contributed by atoms with E-state index in [0.717, 1.165) is 11.1 Å². The number of carbonyl (C=O) groups is 2. The Morgan fingerprint density at radius 3 is 2.36 bits per heavy atom. The van der Waals surface area contributed by atoms with Gasteiger partial charge < -0.3 is 15.2 Å². The van der Waals surface area contributed by atoms with E-state index in [2.05, 4.69) is 5.32 Å². The quantitative estimate of drug-likeness (QED) is 0.813. The Kier molecular flexibility index (Phi) is 4.74. The van der Waals surface area contributed by atoms with E-state index < -0.39 is 17.4 Å². The molecule has 1 saturated carbocycles. The Morgan fingerprint density at radius 2 is 1.76 bits per heavy atom. The van der Waals surface area contributed by atoms with Gasteiger partial charge in [-0.25, -0.2) is 4.79 Å². The zero-order valence-electron chi connectivity index (χ0n) is 14.1. The molecule has 1 amide bonds. The van der Waals surface area contributed by atoms with Crippen LogP contribution in [0.1, 0.15) is 24.0 Å². The Bertz CT molecular complexity index is 768. The molecular formula is C20H21NO4. The van der Waals surface area contributed by atoms with Crippen molar-refractivity contribution in [1.29, 1.82) is 0 Å². The number of hydrogen-bond acceptors (Lipinski definition) is 3. The first-order valence-electron chi connectivity index (χ1n) is 8.28. The van der Waals surface area contributed by atoms with E-state index in [4.69, 9.17) is 4.74 Å².